The molecule has 2 N–H and O–H groups in total. The van der Waals surface area contributed by atoms with Gasteiger partial charge < -0.3 is 15.2 Å². The lowest BCUT2D eigenvalue weighted by Gasteiger charge is -2.16. The van der Waals surface area contributed by atoms with Crippen molar-refractivity contribution < 1.29 is 9.84 Å². The molecule has 112 valence electrons. The van der Waals surface area contributed by atoms with Crippen LogP contribution in [0.2, 0.25) is 0 Å². The van der Waals surface area contributed by atoms with E-state index in [2.05, 4.69) is 33.0 Å². The molecule has 3 heteroatoms. The third kappa shape index (κ3) is 3.33. The van der Waals surface area contributed by atoms with Crippen molar-refractivity contribution in [2.75, 3.05) is 13.2 Å². The third-order valence-electron chi connectivity index (χ3n) is 4.08. The van der Waals surface area contributed by atoms with Crippen molar-refractivity contribution in [2.24, 2.45) is 0 Å². The van der Waals surface area contributed by atoms with E-state index in [9.17, 15) is 5.11 Å². The topological polar surface area (TPSA) is 41.5 Å². The van der Waals surface area contributed by atoms with Gasteiger partial charge in [-0.2, -0.15) is 0 Å². The molecular formula is C17H27NO2. The maximum atomic E-state index is 10.2. The zero-order valence-electron chi connectivity index (χ0n) is 13.1. The summed E-state index contributed by atoms with van der Waals surface area (Å²) in [5.74, 6) is 0.951. The number of phenolic OH excluding ortho intramolecular Hbond substituents is 1. The molecule has 2 unspecified atom stereocenters. The van der Waals surface area contributed by atoms with Gasteiger partial charge in [-0.05, 0) is 63.3 Å². The van der Waals surface area contributed by atoms with Crippen LogP contribution in [0.1, 0.15) is 62.3 Å². The number of aromatic hydroxyl groups is 1. The SMILES string of the molecule is Cc1ccc(O)c2c1C(C)CC2NCCCOC(C)C. The molecule has 0 bridgehead atoms. The Kier molecular flexibility index (Phi) is 5.06. The second kappa shape index (κ2) is 6.59. The zero-order chi connectivity index (χ0) is 14.7. The van der Waals surface area contributed by atoms with Crippen LogP contribution in [0.15, 0.2) is 12.1 Å². The second-order valence-electron chi connectivity index (χ2n) is 6.15. The highest BCUT2D eigenvalue weighted by atomic mass is 16.5. The van der Waals surface area contributed by atoms with E-state index in [1.165, 1.54) is 11.1 Å². The van der Waals surface area contributed by atoms with E-state index in [1.807, 2.05) is 12.1 Å². The highest BCUT2D eigenvalue weighted by molar-refractivity contribution is 5.50. The van der Waals surface area contributed by atoms with E-state index < -0.39 is 0 Å². The monoisotopic (exact) mass is 277 g/mol. The van der Waals surface area contributed by atoms with E-state index in [-0.39, 0.29) is 6.04 Å². The molecule has 1 aliphatic rings. The number of aryl methyl sites for hydroxylation is 1. The smallest absolute Gasteiger partial charge is 0.120 e. The van der Waals surface area contributed by atoms with Crippen molar-refractivity contribution in [3.8, 4) is 5.75 Å². The number of hydrogen-bond donors (Lipinski definition) is 2. The predicted octanol–water partition coefficient (Wildman–Crippen LogP) is 3.65. The molecule has 3 nitrogen and oxygen atoms in total. The molecule has 1 aromatic rings. The fourth-order valence-corrected chi connectivity index (χ4v) is 3.20. The van der Waals surface area contributed by atoms with Crippen molar-refractivity contribution in [2.45, 2.75) is 58.6 Å². The molecule has 0 heterocycles. The maximum absolute atomic E-state index is 10.2. The molecule has 0 fully saturated rings. The first kappa shape index (κ1) is 15.3. The van der Waals surface area contributed by atoms with Gasteiger partial charge in [-0.15, -0.1) is 0 Å². The van der Waals surface area contributed by atoms with Crippen molar-refractivity contribution in [3.05, 3.63) is 28.8 Å². The number of hydrogen-bond acceptors (Lipinski definition) is 3. The Balaban J connectivity index is 1.95. The van der Waals surface area contributed by atoms with Crippen LogP contribution in [0.4, 0.5) is 0 Å². The normalized spacial score (nSPS) is 21.4. The first-order valence-electron chi connectivity index (χ1n) is 7.68. The van der Waals surface area contributed by atoms with Crippen LogP contribution in [0.5, 0.6) is 5.75 Å². The molecule has 0 spiro atoms. The van der Waals surface area contributed by atoms with Gasteiger partial charge in [0.2, 0.25) is 0 Å². The molecule has 2 rings (SSSR count). The molecule has 0 saturated heterocycles. The Morgan fingerprint density at radius 2 is 2.10 bits per heavy atom. The summed E-state index contributed by atoms with van der Waals surface area (Å²) >= 11 is 0. The van der Waals surface area contributed by atoms with Gasteiger partial charge in [0.05, 0.1) is 6.10 Å². The lowest BCUT2D eigenvalue weighted by atomic mass is 9.97. The minimum atomic E-state index is 0.277. The molecule has 2 atom stereocenters. The predicted molar refractivity (Wildman–Crippen MR) is 82.3 cm³/mol. The minimum Gasteiger partial charge on any atom is -0.508 e. The molecular weight excluding hydrogens is 250 g/mol. The van der Waals surface area contributed by atoms with E-state index >= 15 is 0 Å². The van der Waals surface area contributed by atoms with Gasteiger partial charge in [0.15, 0.2) is 0 Å². The van der Waals surface area contributed by atoms with Crippen molar-refractivity contribution in [1.29, 1.82) is 0 Å². The number of phenols is 1. The number of nitrogens with one attached hydrogen (secondary N) is 1. The largest absolute Gasteiger partial charge is 0.508 e. The van der Waals surface area contributed by atoms with Crippen molar-refractivity contribution >= 4 is 0 Å². The standard InChI is InChI=1S/C17H27NO2/c1-11(2)20-9-5-8-18-14-10-13(4)16-12(3)6-7-15(19)17(14)16/h6-7,11,13-14,18-19H,5,8-10H2,1-4H3. The first-order chi connectivity index (χ1) is 9.50. The molecule has 0 saturated carbocycles. The van der Waals surface area contributed by atoms with Crippen LogP contribution in [0, 0.1) is 6.92 Å². The van der Waals surface area contributed by atoms with Crippen LogP contribution >= 0.6 is 0 Å². The Bertz CT molecular complexity index is 457. The van der Waals surface area contributed by atoms with Gasteiger partial charge in [0.1, 0.15) is 5.75 Å². The molecule has 0 aliphatic heterocycles. The van der Waals surface area contributed by atoms with Gasteiger partial charge >= 0.3 is 0 Å². The van der Waals surface area contributed by atoms with Gasteiger partial charge in [0, 0.05) is 18.2 Å². The van der Waals surface area contributed by atoms with Gasteiger partial charge in [0.25, 0.3) is 0 Å². The molecule has 0 amide bonds. The molecule has 0 radical (unpaired) electrons. The van der Waals surface area contributed by atoms with Crippen LogP contribution in [0.25, 0.3) is 0 Å². The summed E-state index contributed by atoms with van der Waals surface area (Å²) in [5.41, 5.74) is 3.74. The summed E-state index contributed by atoms with van der Waals surface area (Å²) in [4.78, 5) is 0. The minimum absolute atomic E-state index is 0.277. The number of fused-ring (bicyclic) bond motifs is 1. The summed E-state index contributed by atoms with van der Waals surface area (Å²) in [7, 11) is 0. The fraction of sp³-hybridized carbons (Fsp3) is 0.647. The summed E-state index contributed by atoms with van der Waals surface area (Å²) in [5, 5.41) is 13.7. The van der Waals surface area contributed by atoms with Crippen LogP contribution in [-0.2, 0) is 4.74 Å². The second-order valence-corrected chi connectivity index (χ2v) is 6.15. The van der Waals surface area contributed by atoms with E-state index in [1.54, 1.807) is 0 Å². The van der Waals surface area contributed by atoms with E-state index in [0.29, 0.717) is 17.8 Å². The van der Waals surface area contributed by atoms with Crippen molar-refractivity contribution in [3.63, 3.8) is 0 Å². The zero-order valence-corrected chi connectivity index (χ0v) is 13.1. The maximum Gasteiger partial charge on any atom is 0.120 e. The van der Waals surface area contributed by atoms with Gasteiger partial charge in [-0.3, -0.25) is 0 Å². The summed E-state index contributed by atoms with van der Waals surface area (Å²) < 4.78 is 5.55. The number of rotatable bonds is 6. The molecule has 1 aliphatic carbocycles. The summed E-state index contributed by atoms with van der Waals surface area (Å²) in [6.45, 7) is 10.2. The number of ether oxygens (including phenoxy) is 1. The van der Waals surface area contributed by atoms with Gasteiger partial charge in [-0.25, -0.2) is 0 Å². The average Bonchev–Trinajstić information content (AvgIpc) is 2.71. The third-order valence-corrected chi connectivity index (χ3v) is 4.08. The van der Waals surface area contributed by atoms with E-state index in [0.717, 1.165) is 31.6 Å². The lowest BCUT2D eigenvalue weighted by Crippen LogP contribution is -2.22. The quantitative estimate of drug-likeness (QED) is 0.780. The summed E-state index contributed by atoms with van der Waals surface area (Å²) in [6.07, 6.45) is 2.37. The van der Waals surface area contributed by atoms with E-state index in [4.69, 9.17) is 4.74 Å². The Morgan fingerprint density at radius 3 is 2.80 bits per heavy atom. The molecule has 1 aromatic carbocycles. The highest BCUT2D eigenvalue weighted by Gasteiger charge is 2.31. The van der Waals surface area contributed by atoms with Crippen LogP contribution in [-0.4, -0.2) is 24.4 Å². The lowest BCUT2D eigenvalue weighted by molar-refractivity contribution is 0.0767. The Hall–Kier alpha value is -1.06. The average molecular weight is 277 g/mol. The summed E-state index contributed by atoms with van der Waals surface area (Å²) in [6, 6.07) is 4.12. The Labute approximate surface area is 122 Å². The van der Waals surface area contributed by atoms with Crippen LogP contribution in [0.3, 0.4) is 0 Å². The first-order valence-corrected chi connectivity index (χ1v) is 7.68. The fourth-order valence-electron chi connectivity index (χ4n) is 3.20. The Morgan fingerprint density at radius 1 is 1.35 bits per heavy atom. The number of benzene rings is 1. The molecule has 0 aromatic heterocycles. The highest BCUT2D eigenvalue weighted by Crippen LogP contribution is 2.45. The molecule has 20 heavy (non-hydrogen) atoms. The van der Waals surface area contributed by atoms with Crippen molar-refractivity contribution in [1.82, 2.24) is 5.32 Å². The van der Waals surface area contributed by atoms with Crippen LogP contribution < -0.4 is 5.32 Å². The van der Waals surface area contributed by atoms with Gasteiger partial charge in [-0.1, -0.05) is 13.0 Å².